The minimum absolute atomic E-state index is 0.166. The van der Waals surface area contributed by atoms with Gasteiger partial charge in [0.15, 0.2) is 0 Å². The van der Waals surface area contributed by atoms with Crippen molar-refractivity contribution in [2.45, 2.75) is 23.2 Å². The molecule has 1 heterocycles. The van der Waals surface area contributed by atoms with E-state index in [9.17, 15) is 4.39 Å². The Kier molecular flexibility index (Phi) is 2.49. The van der Waals surface area contributed by atoms with Crippen LogP contribution in [0.3, 0.4) is 0 Å². The summed E-state index contributed by atoms with van der Waals surface area (Å²) in [6, 6.07) is 1.40. The zero-order chi connectivity index (χ0) is 10.2. The fourth-order valence-corrected chi connectivity index (χ4v) is 2.13. The van der Waals surface area contributed by atoms with Crippen LogP contribution in [0.15, 0.2) is 12.4 Å². The summed E-state index contributed by atoms with van der Waals surface area (Å²) >= 11 is 11.6. The summed E-state index contributed by atoms with van der Waals surface area (Å²) in [7, 11) is 0. The van der Waals surface area contributed by atoms with E-state index >= 15 is 0 Å². The molecule has 0 spiro atoms. The van der Waals surface area contributed by atoms with Crippen molar-refractivity contribution in [2.24, 2.45) is 0 Å². The molecule has 1 N–H and O–H groups in total. The Hall–Kier alpha value is -0.610. The Balaban J connectivity index is 1.93. The smallest absolute Gasteiger partial charge is 0.217 e. The molecule has 2 rings (SSSR count). The number of alkyl halides is 2. The lowest BCUT2D eigenvalue weighted by molar-refractivity contribution is 0.413. The molecular formula is C8H8Cl2FN3. The van der Waals surface area contributed by atoms with Crippen molar-refractivity contribution in [1.29, 1.82) is 0 Å². The molecular weight excluding hydrogens is 228 g/mol. The number of halogens is 3. The van der Waals surface area contributed by atoms with Gasteiger partial charge in [0.2, 0.25) is 5.95 Å². The first-order valence-electron chi connectivity index (χ1n) is 4.17. The van der Waals surface area contributed by atoms with Gasteiger partial charge in [0, 0.05) is 24.9 Å². The molecule has 1 aromatic heterocycles. The minimum atomic E-state index is -0.636. The SMILES string of the molecule is Fc1cc(NC2CC(Cl)(Cl)C2)ncn1. The molecule has 1 aliphatic rings. The molecule has 0 aliphatic heterocycles. The third-order valence-electron chi connectivity index (χ3n) is 2.08. The standard InChI is InChI=1S/C8H8Cl2FN3/c9-8(10)2-5(3-8)14-7-1-6(11)12-4-13-7/h1,4-5H,2-3H2,(H,12,13,14). The molecule has 0 bridgehead atoms. The molecule has 0 unspecified atom stereocenters. The molecule has 0 radical (unpaired) electrons. The van der Waals surface area contributed by atoms with Gasteiger partial charge >= 0.3 is 0 Å². The van der Waals surface area contributed by atoms with Gasteiger partial charge in [-0.05, 0) is 0 Å². The topological polar surface area (TPSA) is 37.8 Å². The fraction of sp³-hybridized carbons (Fsp3) is 0.500. The Labute approximate surface area is 90.6 Å². The van der Waals surface area contributed by atoms with E-state index in [-0.39, 0.29) is 6.04 Å². The zero-order valence-corrected chi connectivity index (χ0v) is 8.69. The van der Waals surface area contributed by atoms with Gasteiger partial charge in [-0.25, -0.2) is 9.97 Å². The van der Waals surface area contributed by atoms with Gasteiger partial charge in [0.25, 0.3) is 0 Å². The van der Waals surface area contributed by atoms with Crippen LogP contribution in [0.2, 0.25) is 0 Å². The Morgan fingerprint density at radius 3 is 2.71 bits per heavy atom. The highest BCUT2D eigenvalue weighted by Gasteiger charge is 2.41. The van der Waals surface area contributed by atoms with Gasteiger partial charge in [0.1, 0.15) is 16.5 Å². The largest absolute Gasteiger partial charge is 0.367 e. The average Bonchev–Trinajstić information content (AvgIpc) is 2.00. The number of nitrogens with zero attached hydrogens (tertiary/aromatic N) is 2. The maximum absolute atomic E-state index is 12.6. The van der Waals surface area contributed by atoms with Crippen LogP contribution >= 0.6 is 23.2 Å². The Bertz CT molecular complexity index is 337. The van der Waals surface area contributed by atoms with Crippen LogP contribution < -0.4 is 5.32 Å². The molecule has 1 saturated carbocycles. The molecule has 6 heteroatoms. The summed E-state index contributed by atoms with van der Waals surface area (Å²) in [5.74, 6) is -0.0869. The monoisotopic (exact) mass is 235 g/mol. The van der Waals surface area contributed by atoms with Crippen molar-refractivity contribution in [2.75, 3.05) is 5.32 Å². The van der Waals surface area contributed by atoms with Crippen LogP contribution in [0.5, 0.6) is 0 Å². The maximum atomic E-state index is 12.6. The highest BCUT2D eigenvalue weighted by atomic mass is 35.5. The number of hydrogen-bond donors (Lipinski definition) is 1. The van der Waals surface area contributed by atoms with E-state index in [1.54, 1.807) is 0 Å². The number of rotatable bonds is 2. The fourth-order valence-electron chi connectivity index (χ4n) is 1.38. The second-order valence-corrected chi connectivity index (χ2v) is 4.97. The first-order chi connectivity index (χ1) is 6.55. The highest BCUT2D eigenvalue weighted by molar-refractivity contribution is 6.49. The molecule has 76 valence electrons. The second-order valence-electron chi connectivity index (χ2n) is 3.33. The summed E-state index contributed by atoms with van der Waals surface area (Å²) in [5, 5.41) is 3.01. The predicted molar refractivity (Wildman–Crippen MR) is 53.1 cm³/mol. The number of anilines is 1. The van der Waals surface area contributed by atoms with Gasteiger partial charge in [-0.2, -0.15) is 4.39 Å². The van der Waals surface area contributed by atoms with E-state index in [4.69, 9.17) is 23.2 Å². The van der Waals surface area contributed by atoms with Crippen molar-refractivity contribution in [3.63, 3.8) is 0 Å². The molecule has 1 fully saturated rings. The van der Waals surface area contributed by atoms with Crippen LogP contribution in [0.25, 0.3) is 0 Å². The summed E-state index contributed by atoms with van der Waals surface area (Å²) < 4.78 is 12.0. The molecule has 0 atom stereocenters. The van der Waals surface area contributed by atoms with E-state index < -0.39 is 10.3 Å². The van der Waals surface area contributed by atoms with Crippen molar-refractivity contribution in [3.8, 4) is 0 Å². The van der Waals surface area contributed by atoms with E-state index in [2.05, 4.69) is 15.3 Å². The van der Waals surface area contributed by atoms with Crippen LogP contribution in [-0.2, 0) is 0 Å². The van der Waals surface area contributed by atoms with Gasteiger partial charge in [-0.1, -0.05) is 0 Å². The molecule has 1 aliphatic carbocycles. The van der Waals surface area contributed by atoms with E-state index in [0.717, 1.165) is 0 Å². The second kappa shape index (κ2) is 3.51. The van der Waals surface area contributed by atoms with Crippen LogP contribution in [0, 0.1) is 5.95 Å². The summed E-state index contributed by atoms with van der Waals surface area (Å²) in [4.78, 5) is 7.21. The van der Waals surface area contributed by atoms with Crippen LogP contribution in [0.4, 0.5) is 10.2 Å². The predicted octanol–water partition coefficient (Wildman–Crippen LogP) is 2.36. The quantitative estimate of drug-likeness (QED) is 0.632. The summed E-state index contributed by atoms with van der Waals surface area (Å²) in [6.07, 6.45) is 2.45. The van der Waals surface area contributed by atoms with Crippen molar-refractivity contribution < 1.29 is 4.39 Å². The lowest BCUT2D eigenvalue weighted by Gasteiger charge is -2.38. The first-order valence-corrected chi connectivity index (χ1v) is 4.93. The number of aromatic nitrogens is 2. The van der Waals surface area contributed by atoms with Crippen molar-refractivity contribution in [3.05, 3.63) is 18.3 Å². The highest BCUT2D eigenvalue weighted by Crippen LogP contribution is 2.43. The summed E-state index contributed by atoms with van der Waals surface area (Å²) in [6.45, 7) is 0. The molecule has 3 nitrogen and oxygen atoms in total. The molecule has 0 aromatic carbocycles. The maximum Gasteiger partial charge on any atom is 0.217 e. The third-order valence-corrected chi connectivity index (χ3v) is 2.69. The van der Waals surface area contributed by atoms with E-state index in [1.807, 2.05) is 0 Å². The summed E-state index contributed by atoms with van der Waals surface area (Å²) in [5.41, 5.74) is 0. The van der Waals surface area contributed by atoms with Crippen molar-refractivity contribution >= 4 is 29.0 Å². The van der Waals surface area contributed by atoms with Crippen molar-refractivity contribution in [1.82, 2.24) is 9.97 Å². The lowest BCUT2D eigenvalue weighted by Crippen LogP contribution is -2.43. The Morgan fingerprint density at radius 2 is 2.14 bits per heavy atom. The molecule has 1 aromatic rings. The van der Waals surface area contributed by atoms with E-state index in [1.165, 1.54) is 12.4 Å². The molecule has 0 saturated heterocycles. The van der Waals surface area contributed by atoms with E-state index in [0.29, 0.717) is 18.7 Å². The normalized spacial score (nSPS) is 20.2. The molecule has 0 amide bonds. The first kappa shape index (κ1) is 9.93. The van der Waals surface area contributed by atoms with Crippen LogP contribution in [-0.4, -0.2) is 20.3 Å². The average molecular weight is 236 g/mol. The Morgan fingerprint density at radius 1 is 1.43 bits per heavy atom. The minimum Gasteiger partial charge on any atom is -0.367 e. The number of nitrogens with one attached hydrogen (secondary N) is 1. The zero-order valence-electron chi connectivity index (χ0n) is 7.17. The third kappa shape index (κ3) is 2.25. The van der Waals surface area contributed by atoms with Crippen LogP contribution in [0.1, 0.15) is 12.8 Å². The number of hydrogen-bond acceptors (Lipinski definition) is 3. The van der Waals surface area contributed by atoms with Gasteiger partial charge < -0.3 is 5.32 Å². The lowest BCUT2D eigenvalue weighted by atomic mass is 9.91. The van der Waals surface area contributed by atoms with Gasteiger partial charge in [-0.15, -0.1) is 23.2 Å². The molecule has 14 heavy (non-hydrogen) atoms. The van der Waals surface area contributed by atoms with Gasteiger partial charge in [-0.3, -0.25) is 0 Å². The van der Waals surface area contributed by atoms with Gasteiger partial charge in [0.05, 0.1) is 0 Å².